The third-order valence-corrected chi connectivity index (χ3v) is 2.91. The van der Waals surface area contributed by atoms with Gasteiger partial charge in [0.05, 0.1) is 13.2 Å². The standard InChI is InChI=1S/C9H17NO.C2H6/c1-8(2)10-5-6-11-7-9(10)3-4-9;1-2/h8H,3-7H2,1-2H3;1-2H3. The average molecular weight is 185 g/mol. The lowest BCUT2D eigenvalue weighted by atomic mass is 10.1. The van der Waals surface area contributed by atoms with Gasteiger partial charge in [0.25, 0.3) is 0 Å². The maximum absolute atomic E-state index is 5.49. The molecule has 2 rings (SSSR count). The number of rotatable bonds is 1. The van der Waals surface area contributed by atoms with E-state index in [1.54, 1.807) is 0 Å². The van der Waals surface area contributed by atoms with Gasteiger partial charge in [-0.15, -0.1) is 0 Å². The van der Waals surface area contributed by atoms with E-state index in [-0.39, 0.29) is 0 Å². The van der Waals surface area contributed by atoms with E-state index in [0.717, 1.165) is 19.8 Å². The topological polar surface area (TPSA) is 12.5 Å². The smallest absolute Gasteiger partial charge is 0.0651 e. The molecule has 1 saturated carbocycles. The fraction of sp³-hybridized carbons (Fsp3) is 1.00. The molecule has 1 spiro atoms. The predicted molar refractivity (Wildman–Crippen MR) is 56.0 cm³/mol. The van der Waals surface area contributed by atoms with E-state index in [2.05, 4.69) is 18.7 Å². The van der Waals surface area contributed by atoms with Crippen molar-refractivity contribution in [2.45, 2.75) is 52.1 Å². The monoisotopic (exact) mass is 185 g/mol. The van der Waals surface area contributed by atoms with Crippen LogP contribution in [-0.2, 0) is 4.74 Å². The first-order valence-corrected chi connectivity index (χ1v) is 5.59. The van der Waals surface area contributed by atoms with Gasteiger partial charge in [-0.3, -0.25) is 4.90 Å². The van der Waals surface area contributed by atoms with E-state index in [0.29, 0.717) is 11.6 Å². The highest BCUT2D eigenvalue weighted by Crippen LogP contribution is 2.44. The third-order valence-electron chi connectivity index (χ3n) is 2.91. The van der Waals surface area contributed by atoms with Crippen LogP contribution in [0.15, 0.2) is 0 Å². The summed E-state index contributed by atoms with van der Waals surface area (Å²) in [5, 5.41) is 0. The van der Waals surface area contributed by atoms with Crippen LogP contribution >= 0.6 is 0 Å². The Bertz CT molecular complexity index is 152. The van der Waals surface area contributed by atoms with Gasteiger partial charge < -0.3 is 4.74 Å². The second-order valence-corrected chi connectivity index (χ2v) is 4.06. The summed E-state index contributed by atoms with van der Waals surface area (Å²) in [6, 6.07) is 0.696. The third kappa shape index (κ3) is 2.23. The Kier molecular flexibility index (Phi) is 3.74. The van der Waals surface area contributed by atoms with Gasteiger partial charge in [0, 0.05) is 18.1 Å². The van der Waals surface area contributed by atoms with Gasteiger partial charge in [-0.2, -0.15) is 0 Å². The van der Waals surface area contributed by atoms with Crippen LogP contribution in [0.2, 0.25) is 0 Å². The van der Waals surface area contributed by atoms with Crippen molar-refractivity contribution in [1.82, 2.24) is 4.90 Å². The molecule has 0 aromatic heterocycles. The van der Waals surface area contributed by atoms with Crippen molar-refractivity contribution in [3.8, 4) is 0 Å². The Morgan fingerprint density at radius 1 is 1.23 bits per heavy atom. The number of nitrogens with zero attached hydrogens (tertiary/aromatic N) is 1. The van der Waals surface area contributed by atoms with Crippen molar-refractivity contribution in [2.24, 2.45) is 0 Å². The lowest BCUT2D eigenvalue weighted by Crippen LogP contribution is -2.50. The van der Waals surface area contributed by atoms with E-state index in [9.17, 15) is 0 Å². The second kappa shape index (κ2) is 4.43. The van der Waals surface area contributed by atoms with Crippen molar-refractivity contribution in [3.63, 3.8) is 0 Å². The first-order chi connectivity index (χ1) is 6.25. The molecule has 1 aliphatic carbocycles. The van der Waals surface area contributed by atoms with E-state index >= 15 is 0 Å². The summed E-state index contributed by atoms with van der Waals surface area (Å²) in [6.45, 7) is 11.6. The summed E-state index contributed by atoms with van der Waals surface area (Å²) in [5.41, 5.74) is 0.479. The highest BCUT2D eigenvalue weighted by Gasteiger charge is 2.50. The van der Waals surface area contributed by atoms with Crippen molar-refractivity contribution in [3.05, 3.63) is 0 Å². The van der Waals surface area contributed by atoms with E-state index in [1.807, 2.05) is 13.8 Å². The molecule has 2 fully saturated rings. The zero-order valence-corrected chi connectivity index (χ0v) is 9.47. The van der Waals surface area contributed by atoms with E-state index in [1.165, 1.54) is 12.8 Å². The molecular weight excluding hydrogens is 162 g/mol. The fourth-order valence-electron chi connectivity index (χ4n) is 2.13. The van der Waals surface area contributed by atoms with Gasteiger partial charge in [-0.25, -0.2) is 0 Å². The van der Waals surface area contributed by atoms with Crippen LogP contribution in [0.5, 0.6) is 0 Å². The molecule has 2 aliphatic rings. The van der Waals surface area contributed by atoms with E-state index in [4.69, 9.17) is 4.74 Å². The van der Waals surface area contributed by atoms with Crippen LogP contribution in [0.1, 0.15) is 40.5 Å². The zero-order valence-electron chi connectivity index (χ0n) is 9.47. The summed E-state index contributed by atoms with van der Waals surface area (Å²) in [5.74, 6) is 0. The first kappa shape index (κ1) is 11.0. The molecule has 78 valence electrons. The normalized spacial score (nSPS) is 25.6. The molecule has 0 aromatic rings. The summed E-state index contributed by atoms with van der Waals surface area (Å²) in [4.78, 5) is 2.61. The number of hydrogen-bond donors (Lipinski definition) is 0. The minimum Gasteiger partial charge on any atom is -0.378 e. The van der Waals surface area contributed by atoms with Crippen LogP contribution in [-0.4, -0.2) is 36.2 Å². The van der Waals surface area contributed by atoms with E-state index < -0.39 is 0 Å². The zero-order chi connectivity index (χ0) is 9.90. The van der Waals surface area contributed by atoms with Crippen molar-refractivity contribution < 1.29 is 4.74 Å². The van der Waals surface area contributed by atoms with Crippen molar-refractivity contribution in [1.29, 1.82) is 0 Å². The molecule has 1 heterocycles. The van der Waals surface area contributed by atoms with Gasteiger partial charge in [0.1, 0.15) is 0 Å². The number of morpholine rings is 1. The van der Waals surface area contributed by atoms with Crippen LogP contribution < -0.4 is 0 Å². The predicted octanol–water partition coefficient (Wildman–Crippen LogP) is 2.29. The van der Waals surface area contributed by atoms with Gasteiger partial charge in [0.2, 0.25) is 0 Å². The SMILES string of the molecule is CC.CC(C)N1CCOCC12CC2. The summed E-state index contributed by atoms with van der Waals surface area (Å²) < 4.78 is 5.49. The van der Waals surface area contributed by atoms with Gasteiger partial charge >= 0.3 is 0 Å². The second-order valence-electron chi connectivity index (χ2n) is 4.06. The average Bonchev–Trinajstić information content (AvgIpc) is 2.89. The fourth-order valence-corrected chi connectivity index (χ4v) is 2.13. The molecular formula is C11H23NO. The molecule has 0 amide bonds. The van der Waals surface area contributed by atoms with Crippen molar-refractivity contribution >= 4 is 0 Å². The molecule has 0 unspecified atom stereocenters. The molecule has 13 heavy (non-hydrogen) atoms. The van der Waals surface area contributed by atoms with Gasteiger partial charge in [-0.05, 0) is 26.7 Å². The Morgan fingerprint density at radius 3 is 2.23 bits per heavy atom. The molecule has 1 saturated heterocycles. The molecule has 2 nitrogen and oxygen atoms in total. The lowest BCUT2D eigenvalue weighted by molar-refractivity contribution is -0.0350. The molecule has 2 heteroatoms. The highest BCUT2D eigenvalue weighted by molar-refractivity contribution is 5.06. The Morgan fingerprint density at radius 2 is 1.85 bits per heavy atom. The highest BCUT2D eigenvalue weighted by atomic mass is 16.5. The van der Waals surface area contributed by atoms with Crippen LogP contribution in [0.4, 0.5) is 0 Å². The molecule has 0 bridgehead atoms. The Balaban J connectivity index is 0.000000396. The lowest BCUT2D eigenvalue weighted by Gasteiger charge is -2.38. The van der Waals surface area contributed by atoms with Gasteiger partial charge in [0.15, 0.2) is 0 Å². The van der Waals surface area contributed by atoms with Crippen molar-refractivity contribution in [2.75, 3.05) is 19.8 Å². The van der Waals surface area contributed by atoms with Gasteiger partial charge in [-0.1, -0.05) is 13.8 Å². The molecule has 0 N–H and O–H groups in total. The maximum Gasteiger partial charge on any atom is 0.0651 e. The van der Waals surface area contributed by atoms with Crippen LogP contribution in [0, 0.1) is 0 Å². The minimum atomic E-state index is 0.479. The molecule has 0 radical (unpaired) electrons. The van der Waals surface area contributed by atoms with Crippen LogP contribution in [0.25, 0.3) is 0 Å². The molecule has 0 aromatic carbocycles. The molecule has 0 atom stereocenters. The first-order valence-electron chi connectivity index (χ1n) is 5.59. The summed E-state index contributed by atoms with van der Waals surface area (Å²) in [6.07, 6.45) is 2.70. The summed E-state index contributed by atoms with van der Waals surface area (Å²) in [7, 11) is 0. The largest absolute Gasteiger partial charge is 0.378 e. The maximum atomic E-state index is 5.49. The molecule has 1 aliphatic heterocycles. The number of ether oxygens (including phenoxy) is 1. The Labute approximate surface area is 82.3 Å². The quantitative estimate of drug-likeness (QED) is 0.621. The number of hydrogen-bond acceptors (Lipinski definition) is 2. The van der Waals surface area contributed by atoms with Crippen LogP contribution in [0.3, 0.4) is 0 Å². The minimum absolute atomic E-state index is 0.479. The summed E-state index contributed by atoms with van der Waals surface area (Å²) >= 11 is 0. The Hall–Kier alpha value is -0.0800.